The maximum absolute atomic E-state index is 11.5. The van der Waals surface area contributed by atoms with Crippen LogP contribution < -0.4 is 21.3 Å². The molecule has 8 aromatic rings. The van der Waals surface area contributed by atoms with Crippen LogP contribution in [0.1, 0.15) is 80.9 Å². The number of rotatable bonds is 24. The number of pyridine rings is 2. The summed E-state index contributed by atoms with van der Waals surface area (Å²) in [6.45, 7) is 2.15. The van der Waals surface area contributed by atoms with E-state index in [1.165, 1.54) is 0 Å². The number of aliphatic hydroxyl groups is 2. The Morgan fingerprint density at radius 3 is 1.33 bits per heavy atom. The summed E-state index contributed by atoms with van der Waals surface area (Å²) in [4.78, 5) is 153. The minimum Gasteiger partial charge on any atom is -0.394 e. The van der Waals surface area contributed by atoms with Crippen LogP contribution in [0.4, 0.5) is 23.0 Å². The van der Waals surface area contributed by atoms with Gasteiger partial charge >= 0.3 is 46.9 Å². The maximum atomic E-state index is 11.5. The first-order valence-electron chi connectivity index (χ1n) is 31.7. The molecule has 8 aromatic heterocycles. The minimum absolute atomic E-state index is 0.170. The van der Waals surface area contributed by atoms with Crippen molar-refractivity contribution in [3.8, 4) is 0 Å². The van der Waals surface area contributed by atoms with Gasteiger partial charge in [0.2, 0.25) is 0 Å². The van der Waals surface area contributed by atoms with Gasteiger partial charge in [0.05, 0.1) is 87.5 Å². The Kier molecular flexibility index (Phi) is 23.0. The SMILES string of the molecule is CNc1ccnc2c1ncn2[C@@H]1C[C@H](COP(=O)(O)O)[C@@H](OP(=O)(O)O)C1.CNc1ccnc2c1ncn2[C@H]1C[C@H](O)[C@@H](CO)O1.CNc1nc(C)nc2c1ncn2[C@H]1C[C@H](OP(=O)(O)O)[C@]2(COP(=O)(O)O)C[C@H]12.CNc1nc(C)nc2c1ncn2[C@H]1C[C@H](OP(=O)(O)O)[C@]2(COP(=O)(O)O)C[C@H]12. The van der Waals surface area contributed by atoms with Crippen molar-refractivity contribution >= 4 is 115 Å². The number of phosphoric acid groups is 6. The first-order valence-corrected chi connectivity index (χ1v) is 40.9. The number of hydrogen-bond donors (Lipinski definition) is 18. The summed E-state index contributed by atoms with van der Waals surface area (Å²) in [6, 6.07) is 2.77. The second-order valence-corrected chi connectivity index (χ2v) is 32.9. The van der Waals surface area contributed by atoms with E-state index in [4.69, 9.17) is 62.6 Å². The molecule has 0 bridgehead atoms. The van der Waals surface area contributed by atoms with Crippen LogP contribution in [0.5, 0.6) is 0 Å². The molecule has 6 aliphatic rings. The monoisotopic (exact) mass is 1580 g/mol. The number of aliphatic hydroxyl groups excluding tert-OH is 2. The van der Waals surface area contributed by atoms with E-state index in [1.807, 2.05) is 13.1 Å². The highest BCUT2D eigenvalue weighted by atomic mass is 31.2. The lowest BCUT2D eigenvalue weighted by Crippen LogP contribution is -2.26. The maximum Gasteiger partial charge on any atom is 0.469 e. The van der Waals surface area contributed by atoms with Gasteiger partial charge in [-0.3, -0.25) is 31.7 Å². The predicted molar refractivity (Wildman–Crippen MR) is 360 cm³/mol. The highest BCUT2D eigenvalue weighted by molar-refractivity contribution is 7.47. The molecule has 5 aliphatic carbocycles. The van der Waals surface area contributed by atoms with Crippen molar-refractivity contribution in [3.63, 3.8) is 0 Å². The summed E-state index contributed by atoms with van der Waals surface area (Å²) in [5, 5.41) is 30.9. The van der Waals surface area contributed by atoms with Crippen molar-refractivity contribution in [1.29, 1.82) is 0 Å². The van der Waals surface area contributed by atoms with E-state index in [2.05, 4.69) is 84.7 Å². The molecule has 9 heterocycles. The van der Waals surface area contributed by atoms with Gasteiger partial charge in [0.25, 0.3) is 0 Å². The summed E-state index contributed by atoms with van der Waals surface area (Å²) in [6.07, 6.45) is 7.56. The third-order valence-electron chi connectivity index (χ3n) is 19.1. The third-order valence-corrected chi connectivity index (χ3v) is 22.2. The van der Waals surface area contributed by atoms with Gasteiger partial charge in [0.1, 0.15) is 46.0 Å². The van der Waals surface area contributed by atoms with Crippen molar-refractivity contribution in [3.05, 3.63) is 61.5 Å². The number of phosphoric ester groups is 6. The van der Waals surface area contributed by atoms with Crippen LogP contribution in [0.25, 0.3) is 44.7 Å². The standard InChI is InChI=1S/2C14H21N5O8P2.C13H20N4O8P2.C12H16N4O3/c2*1-7-17-12(15-2)11-13(18-7)19(6-16-11)9-3-10(27-29(23,24)25)14(4-8(9)14)5-26-28(20,21)22;1-14-10-2-3-15-13-12(10)16-7-17(13)9-4-8(6-24-26(18,19)20)11(5-9)25-27(21,22)23;1-13-7-2-3-14-12-11(7)15-6-16(12)10-4-8(18)9(5-17)19-10/h2*6,8-10H,3-5H2,1-2H3,(H,15,17,18)(H2,20,21,22)(H2,23,24,25);2-3,7-9,11H,4-6H2,1H3,(H,14,15)(H2,18,19,20)(H2,21,22,23);2-3,6,8-10,17-18H,4-5H2,1H3,(H,13,14)/t2*8-,9+,10+,14+;8-,9-,11+;8-,9+,10+/m1110/s1. The van der Waals surface area contributed by atoms with Crippen LogP contribution in [-0.4, -0.2) is 222 Å². The number of nitrogens with one attached hydrogen (secondary N) is 4. The fourth-order valence-corrected chi connectivity index (χ4v) is 17.6. The van der Waals surface area contributed by atoms with Gasteiger partial charge in [-0.15, -0.1) is 0 Å². The van der Waals surface area contributed by atoms with Crippen molar-refractivity contribution in [2.45, 2.75) is 114 Å². The van der Waals surface area contributed by atoms with Gasteiger partial charge in [-0.1, -0.05) is 0 Å². The van der Waals surface area contributed by atoms with Crippen LogP contribution in [-0.2, 0) is 59.3 Å². The summed E-state index contributed by atoms with van der Waals surface area (Å²) in [5.74, 6) is 1.19. The molecule has 45 nitrogen and oxygen atoms in total. The van der Waals surface area contributed by atoms with E-state index in [-0.39, 0.29) is 75.3 Å². The molecule has 0 amide bonds. The normalized spacial score (nSPS) is 27.4. The third kappa shape index (κ3) is 17.8. The summed E-state index contributed by atoms with van der Waals surface area (Å²) in [5.41, 5.74) is 4.75. The van der Waals surface area contributed by atoms with Gasteiger partial charge in [-0.25, -0.2) is 77.2 Å². The Morgan fingerprint density at radius 1 is 0.500 bits per heavy atom. The highest BCUT2D eigenvalue weighted by Gasteiger charge is 2.71. The van der Waals surface area contributed by atoms with Crippen LogP contribution in [0.15, 0.2) is 49.8 Å². The molecule has 51 heteroatoms. The zero-order valence-corrected chi connectivity index (χ0v) is 61.2. The van der Waals surface area contributed by atoms with Crippen molar-refractivity contribution in [2.75, 3.05) is 75.9 Å². The average molecular weight is 1590 g/mol. The lowest BCUT2D eigenvalue weighted by molar-refractivity contribution is -0.0432. The summed E-state index contributed by atoms with van der Waals surface area (Å²) < 4.78 is 109. The van der Waals surface area contributed by atoms with Crippen molar-refractivity contribution in [1.82, 2.24) is 68.1 Å². The number of anilines is 4. The van der Waals surface area contributed by atoms with E-state index >= 15 is 0 Å². The topological polar surface area (TPSA) is 647 Å². The summed E-state index contributed by atoms with van der Waals surface area (Å²) >= 11 is 0. The van der Waals surface area contributed by atoms with Gasteiger partial charge in [-0.05, 0) is 76.3 Å². The first-order chi connectivity index (χ1) is 48.7. The smallest absolute Gasteiger partial charge is 0.394 e. The van der Waals surface area contributed by atoms with Crippen LogP contribution in [0.2, 0.25) is 0 Å². The van der Waals surface area contributed by atoms with Crippen molar-refractivity contribution < 1.29 is 128 Å². The molecule has 1 saturated heterocycles. The molecule has 0 unspecified atom stereocenters. The molecule has 0 aromatic carbocycles. The zero-order chi connectivity index (χ0) is 75.6. The average Bonchev–Trinajstić information content (AvgIpc) is 1.53. The van der Waals surface area contributed by atoms with E-state index in [0.717, 1.165) is 16.9 Å². The molecule has 104 heavy (non-hydrogen) atoms. The van der Waals surface area contributed by atoms with Crippen LogP contribution in [0.3, 0.4) is 0 Å². The number of imidazole rings is 4. The lowest BCUT2D eigenvalue weighted by Gasteiger charge is -2.24. The van der Waals surface area contributed by atoms with Gasteiger partial charge in [-0.2, -0.15) is 0 Å². The molecule has 0 radical (unpaired) electrons. The second kappa shape index (κ2) is 30.3. The number of fused-ring (bicyclic) bond motifs is 6. The van der Waals surface area contributed by atoms with Gasteiger partial charge < -0.3 is 109 Å². The fourth-order valence-electron chi connectivity index (χ4n) is 14.5. The summed E-state index contributed by atoms with van der Waals surface area (Å²) in [7, 11) is -21.6. The molecule has 572 valence electrons. The molecule has 18 N–H and O–H groups in total. The molecule has 14 atom stereocenters. The quantitative estimate of drug-likeness (QED) is 0.0387. The Balaban J connectivity index is 0.000000140. The number of ether oxygens (including phenoxy) is 1. The molecular weight excluding hydrogens is 1510 g/mol. The van der Waals surface area contributed by atoms with Crippen LogP contribution in [0, 0.1) is 42.4 Å². The van der Waals surface area contributed by atoms with Crippen LogP contribution >= 0.6 is 46.9 Å². The van der Waals surface area contributed by atoms with E-state index in [0.29, 0.717) is 88.1 Å². The molecule has 6 fully saturated rings. The lowest BCUT2D eigenvalue weighted by atomic mass is 10.0. The Hall–Kier alpha value is -5.92. The number of aryl methyl sites for hydroxylation is 2. The number of hydrogen-bond acceptors (Lipinski definition) is 29. The molecule has 0 spiro atoms. The number of aromatic nitrogens is 14. The Morgan fingerprint density at radius 2 is 0.923 bits per heavy atom. The predicted octanol–water partition coefficient (Wildman–Crippen LogP) is 2.55. The van der Waals surface area contributed by atoms with Gasteiger partial charge in [0, 0.05) is 81.9 Å². The minimum atomic E-state index is -4.81. The fraction of sp³-hybridized carbons (Fsp3) is 0.585. The molecule has 14 rings (SSSR count). The molecule has 5 saturated carbocycles. The Labute approximate surface area is 588 Å². The van der Waals surface area contributed by atoms with E-state index in [1.54, 1.807) is 97.0 Å². The Bertz CT molecular complexity index is 4590. The second-order valence-electron chi connectivity index (χ2n) is 25.6. The van der Waals surface area contributed by atoms with Gasteiger partial charge in [0.15, 0.2) is 34.2 Å². The molecular formula is C53H78N18O27P6. The van der Waals surface area contributed by atoms with Crippen molar-refractivity contribution in [2.24, 2.45) is 28.6 Å². The molecule has 1 aliphatic heterocycles. The highest BCUT2D eigenvalue weighted by Crippen LogP contribution is 2.73. The first kappa shape index (κ1) is 79.1. The number of nitrogens with zero attached hydrogens (tertiary/aromatic N) is 14. The van der Waals surface area contributed by atoms with E-state index in [9.17, 15) is 52.1 Å². The van der Waals surface area contributed by atoms with E-state index < -0.39 is 101 Å². The zero-order valence-electron chi connectivity index (χ0n) is 55.8. The largest absolute Gasteiger partial charge is 0.469 e.